The van der Waals surface area contributed by atoms with Gasteiger partial charge in [0, 0.05) is 19.1 Å². The summed E-state index contributed by atoms with van der Waals surface area (Å²) in [5.74, 6) is 2.01. The Balaban J connectivity index is 2.18. The van der Waals surface area contributed by atoms with E-state index in [9.17, 15) is 0 Å². The van der Waals surface area contributed by atoms with E-state index in [-0.39, 0.29) is 0 Å². The molecule has 0 aliphatic carbocycles. The molecule has 4 heteroatoms. The fourth-order valence-electron chi connectivity index (χ4n) is 1.97. The molecule has 94 valence electrons. The SMILES string of the molecule is Cc1cc(NC(C)C)nc(N2CCOCC2)c1. The lowest BCUT2D eigenvalue weighted by Gasteiger charge is -2.28. The van der Waals surface area contributed by atoms with E-state index in [1.807, 2.05) is 0 Å². The summed E-state index contributed by atoms with van der Waals surface area (Å²) in [6.45, 7) is 9.80. The lowest BCUT2D eigenvalue weighted by atomic mass is 10.2. The molecule has 0 bridgehead atoms. The highest BCUT2D eigenvalue weighted by molar-refractivity contribution is 5.50. The van der Waals surface area contributed by atoms with Crippen LogP contribution in [0.3, 0.4) is 0 Å². The third-order valence-electron chi connectivity index (χ3n) is 2.73. The zero-order chi connectivity index (χ0) is 12.3. The Morgan fingerprint density at radius 1 is 1.29 bits per heavy atom. The summed E-state index contributed by atoms with van der Waals surface area (Å²) in [6.07, 6.45) is 0. The number of rotatable bonds is 3. The van der Waals surface area contributed by atoms with E-state index >= 15 is 0 Å². The van der Waals surface area contributed by atoms with Crippen molar-refractivity contribution in [3.63, 3.8) is 0 Å². The van der Waals surface area contributed by atoms with Crippen LogP contribution in [0, 0.1) is 6.92 Å². The van der Waals surface area contributed by atoms with Crippen LogP contribution < -0.4 is 10.2 Å². The lowest BCUT2D eigenvalue weighted by molar-refractivity contribution is 0.122. The van der Waals surface area contributed by atoms with Gasteiger partial charge >= 0.3 is 0 Å². The summed E-state index contributed by atoms with van der Waals surface area (Å²) in [4.78, 5) is 6.94. The molecule has 4 nitrogen and oxygen atoms in total. The smallest absolute Gasteiger partial charge is 0.131 e. The van der Waals surface area contributed by atoms with Crippen LogP contribution in [0.1, 0.15) is 19.4 Å². The number of hydrogen-bond donors (Lipinski definition) is 1. The van der Waals surface area contributed by atoms with Crippen molar-refractivity contribution in [3.05, 3.63) is 17.7 Å². The molecule has 0 spiro atoms. The van der Waals surface area contributed by atoms with E-state index in [0.29, 0.717) is 6.04 Å². The van der Waals surface area contributed by atoms with Gasteiger partial charge in [0.05, 0.1) is 13.2 Å². The van der Waals surface area contributed by atoms with Crippen LogP contribution in [-0.2, 0) is 4.74 Å². The molecule has 1 aromatic heterocycles. The van der Waals surface area contributed by atoms with Gasteiger partial charge in [0.2, 0.25) is 0 Å². The molecule has 17 heavy (non-hydrogen) atoms. The van der Waals surface area contributed by atoms with Gasteiger partial charge in [-0.1, -0.05) is 0 Å². The molecule has 1 N–H and O–H groups in total. The van der Waals surface area contributed by atoms with Crippen molar-refractivity contribution in [2.24, 2.45) is 0 Å². The first-order chi connectivity index (χ1) is 8.15. The van der Waals surface area contributed by atoms with E-state index in [4.69, 9.17) is 4.74 Å². The van der Waals surface area contributed by atoms with E-state index in [1.54, 1.807) is 0 Å². The Hall–Kier alpha value is -1.29. The van der Waals surface area contributed by atoms with Crippen molar-refractivity contribution >= 4 is 11.6 Å². The third-order valence-corrected chi connectivity index (χ3v) is 2.73. The third kappa shape index (κ3) is 3.33. The Kier molecular flexibility index (Phi) is 3.84. The first kappa shape index (κ1) is 12.2. The van der Waals surface area contributed by atoms with Gasteiger partial charge in [-0.3, -0.25) is 0 Å². The molecule has 0 saturated carbocycles. The van der Waals surface area contributed by atoms with Crippen LogP contribution in [0.4, 0.5) is 11.6 Å². The van der Waals surface area contributed by atoms with Crippen LogP contribution in [0.15, 0.2) is 12.1 Å². The fourth-order valence-corrected chi connectivity index (χ4v) is 1.97. The highest BCUT2D eigenvalue weighted by atomic mass is 16.5. The van der Waals surface area contributed by atoms with Gasteiger partial charge in [-0.05, 0) is 38.5 Å². The van der Waals surface area contributed by atoms with Gasteiger partial charge in [0.15, 0.2) is 0 Å². The van der Waals surface area contributed by atoms with Crippen molar-refractivity contribution in [2.75, 3.05) is 36.5 Å². The molecule has 2 rings (SSSR count). The average molecular weight is 235 g/mol. The molecular weight excluding hydrogens is 214 g/mol. The van der Waals surface area contributed by atoms with E-state index < -0.39 is 0 Å². The number of morpholine rings is 1. The van der Waals surface area contributed by atoms with Gasteiger partial charge in [0.25, 0.3) is 0 Å². The monoisotopic (exact) mass is 235 g/mol. The Labute approximate surface area is 103 Å². The second-order valence-corrected chi connectivity index (χ2v) is 4.79. The van der Waals surface area contributed by atoms with Gasteiger partial charge in [-0.25, -0.2) is 4.98 Å². The van der Waals surface area contributed by atoms with Crippen LogP contribution in [0.2, 0.25) is 0 Å². The Bertz CT molecular complexity index is 373. The highest BCUT2D eigenvalue weighted by Crippen LogP contribution is 2.19. The minimum absolute atomic E-state index is 0.404. The molecule has 0 aromatic carbocycles. The lowest BCUT2D eigenvalue weighted by Crippen LogP contribution is -2.36. The van der Waals surface area contributed by atoms with Crippen LogP contribution >= 0.6 is 0 Å². The largest absolute Gasteiger partial charge is 0.378 e. The van der Waals surface area contributed by atoms with Gasteiger partial charge in [-0.15, -0.1) is 0 Å². The van der Waals surface area contributed by atoms with Crippen molar-refractivity contribution in [1.82, 2.24) is 4.98 Å². The van der Waals surface area contributed by atoms with Gasteiger partial charge in [0.1, 0.15) is 11.6 Å². The van der Waals surface area contributed by atoms with Crippen LogP contribution in [0.5, 0.6) is 0 Å². The van der Waals surface area contributed by atoms with Crippen molar-refractivity contribution < 1.29 is 4.74 Å². The molecule has 1 aromatic rings. The summed E-state index contributed by atoms with van der Waals surface area (Å²) in [7, 11) is 0. The molecule has 1 saturated heterocycles. The number of aryl methyl sites for hydroxylation is 1. The molecular formula is C13H21N3O. The highest BCUT2D eigenvalue weighted by Gasteiger charge is 2.13. The number of ether oxygens (including phenoxy) is 1. The second kappa shape index (κ2) is 5.36. The number of hydrogen-bond acceptors (Lipinski definition) is 4. The van der Waals surface area contributed by atoms with E-state index in [1.165, 1.54) is 5.56 Å². The van der Waals surface area contributed by atoms with Gasteiger partial charge < -0.3 is 15.0 Å². The predicted octanol–water partition coefficient (Wildman–Crippen LogP) is 2.05. The van der Waals surface area contributed by atoms with Crippen LogP contribution in [0.25, 0.3) is 0 Å². The maximum atomic E-state index is 5.36. The molecule has 1 aliphatic heterocycles. The average Bonchev–Trinajstić information content (AvgIpc) is 2.28. The predicted molar refractivity (Wildman–Crippen MR) is 70.8 cm³/mol. The quantitative estimate of drug-likeness (QED) is 0.870. The summed E-state index contributed by atoms with van der Waals surface area (Å²) in [5, 5.41) is 3.36. The maximum Gasteiger partial charge on any atom is 0.131 e. The fraction of sp³-hybridized carbons (Fsp3) is 0.615. The van der Waals surface area contributed by atoms with Crippen LogP contribution in [-0.4, -0.2) is 37.3 Å². The minimum atomic E-state index is 0.404. The summed E-state index contributed by atoms with van der Waals surface area (Å²) >= 11 is 0. The van der Waals surface area contributed by atoms with Gasteiger partial charge in [-0.2, -0.15) is 0 Å². The van der Waals surface area contributed by atoms with E-state index in [0.717, 1.165) is 37.9 Å². The van der Waals surface area contributed by atoms with Crippen molar-refractivity contribution in [3.8, 4) is 0 Å². The molecule has 0 radical (unpaired) electrons. The number of nitrogens with one attached hydrogen (secondary N) is 1. The number of pyridine rings is 1. The molecule has 1 aliphatic rings. The molecule has 0 amide bonds. The molecule has 0 atom stereocenters. The summed E-state index contributed by atoms with van der Waals surface area (Å²) < 4.78 is 5.36. The number of nitrogens with zero attached hydrogens (tertiary/aromatic N) is 2. The Morgan fingerprint density at radius 2 is 2.00 bits per heavy atom. The Morgan fingerprint density at radius 3 is 2.65 bits per heavy atom. The minimum Gasteiger partial charge on any atom is -0.378 e. The van der Waals surface area contributed by atoms with Crippen molar-refractivity contribution in [1.29, 1.82) is 0 Å². The zero-order valence-electron chi connectivity index (χ0n) is 10.9. The second-order valence-electron chi connectivity index (χ2n) is 4.79. The topological polar surface area (TPSA) is 37.4 Å². The van der Waals surface area contributed by atoms with Crippen molar-refractivity contribution in [2.45, 2.75) is 26.8 Å². The molecule has 1 fully saturated rings. The molecule has 2 heterocycles. The maximum absolute atomic E-state index is 5.36. The zero-order valence-corrected chi connectivity index (χ0v) is 10.9. The number of anilines is 2. The first-order valence-electron chi connectivity index (χ1n) is 6.23. The van der Waals surface area contributed by atoms with E-state index in [2.05, 4.69) is 48.1 Å². The standard InChI is InChI=1S/C13H21N3O/c1-10(2)14-12-8-11(3)9-13(15-12)16-4-6-17-7-5-16/h8-10H,4-7H2,1-3H3,(H,14,15). The summed E-state index contributed by atoms with van der Waals surface area (Å²) in [6, 6.07) is 4.63. The normalized spacial score (nSPS) is 16.4. The first-order valence-corrected chi connectivity index (χ1v) is 6.23. The summed E-state index contributed by atoms with van der Waals surface area (Å²) in [5.41, 5.74) is 1.24. The molecule has 0 unspecified atom stereocenters. The number of aromatic nitrogens is 1.